The molecular formula is C26H23ClN4S. The summed E-state index contributed by atoms with van der Waals surface area (Å²) in [6, 6.07) is 26.5. The number of thiocarbonyl (C=S) groups is 1. The van der Waals surface area contributed by atoms with Gasteiger partial charge in [0.1, 0.15) is 6.04 Å². The van der Waals surface area contributed by atoms with E-state index in [2.05, 4.69) is 75.4 Å². The smallest absolute Gasteiger partial charge is 0.174 e. The second-order valence-electron chi connectivity index (χ2n) is 7.80. The van der Waals surface area contributed by atoms with Gasteiger partial charge in [-0.3, -0.25) is 4.98 Å². The number of nitrogens with one attached hydrogen (secondary N) is 1. The Balaban J connectivity index is 1.65. The van der Waals surface area contributed by atoms with Gasteiger partial charge in [0.15, 0.2) is 5.11 Å². The fraction of sp³-hybridized carbons (Fsp3) is 0.154. The first-order chi connectivity index (χ1) is 15.7. The summed E-state index contributed by atoms with van der Waals surface area (Å²) < 4.78 is 2.18. The van der Waals surface area contributed by atoms with Crippen molar-refractivity contribution in [2.45, 2.75) is 25.4 Å². The topological polar surface area (TPSA) is 33.1 Å². The third-order valence-electron chi connectivity index (χ3n) is 5.89. The van der Waals surface area contributed by atoms with E-state index in [1.54, 1.807) is 0 Å². The molecule has 0 unspecified atom stereocenters. The molecule has 5 rings (SSSR count). The number of pyridine rings is 1. The van der Waals surface area contributed by atoms with E-state index in [-0.39, 0.29) is 12.1 Å². The molecule has 2 atom stereocenters. The van der Waals surface area contributed by atoms with E-state index in [0.29, 0.717) is 10.1 Å². The van der Waals surface area contributed by atoms with Gasteiger partial charge in [0.25, 0.3) is 0 Å². The normalized spacial score (nSPS) is 18.1. The monoisotopic (exact) mass is 458 g/mol. The highest BCUT2D eigenvalue weighted by atomic mass is 35.5. The zero-order valence-corrected chi connectivity index (χ0v) is 19.2. The highest BCUT2D eigenvalue weighted by molar-refractivity contribution is 7.80. The highest BCUT2D eigenvalue weighted by Crippen LogP contribution is 2.42. The van der Waals surface area contributed by atoms with Crippen LogP contribution in [0, 0.1) is 0 Å². The molecule has 0 saturated carbocycles. The average Bonchev–Trinajstić information content (AvgIpc) is 3.44. The summed E-state index contributed by atoms with van der Waals surface area (Å²) in [6.07, 6.45) is 4.89. The molecule has 0 aliphatic carbocycles. The minimum absolute atomic E-state index is 0.0844. The second kappa shape index (κ2) is 8.77. The van der Waals surface area contributed by atoms with Crippen LogP contribution in [0.15, 0.2) is 91.3 Å². The van der Waals surface area contributed by atoms with Gasteiger partial charge < -0.3 is 14.8 Å². The van der Waals surface area contributed by atoms with E-state index in [9.17, 15) is 0 Å². The molecule has 0 radical (unpaired) electrons. The van der Waals surface area contributed by atoms with Gasteiger partial charge in [-0.25, -0.2) is 0 Å². The second-order valence-corrected chi connectivity index (χ2v) is 8.62. The Bertz CT molecular complexity index is 1240. The molecule has 1 fully saturated rings. The summed E-state index contributed by atoms with van der Waals surface area (Å²) >= 11 is 12.2. The van der Waals surface area contributed by atoms with Crippen LogP contribution in [0.25, 0.3) is 5.69 Å². The SMILES string of the molecule is CCc1ccc(N2C(=S)N[C@H](c3ccccn3)[C@@H]2c2cccn2-c2cccc(Cl)c2)cc1. The maximum atomic E-state index is 6.31. The predicted molar refractivity (Wildman–Crippen MR) is 135 cm³/mol. The van der Waals surface area contributed by atoms with Crippen molar-refractivity contribution in [1.82, 2.24) is 14.9 Å². The molecule has 2 aromatic carbocycles. The van der Waals surface area contributed by atoms with Crippen molar-refractivity contribution in [3.63, 3.8) is 0 Å². The average molecular weight is 459 g/mol. The zero-order chi connectivity index (χ0) is 22.1. The lowest BCUT2D eigenvalue weighted by Gasteiger charge is -2.29. The van der Waals surface area contributed by atoms with Gasteiger partial charge in [0.05, 0.1) is 11.7 Å². The predicted octanol–water partition coefficient (Wildman–Crippen LogP) is 6.27. The zero-order valence-electron chi connectivity index (χ0n) is 17.6. The molecule has 3 heterocycles. The van der Waals surface area contributed by atoms with Crippen LogP contribution in [0.2, 0.25) is 5.02 Å². The van der Waals surface area contributed by atoms with E-state index in [4.69, 9.17) is 23.8 Å². The van der Waals surface area contributed by atoms with Crippen molar-refractivity contribution in [1.29, 1.82) is 0 Å². The number of benzene rings is 2. The Morgan fingerprint density at radius 1 is 0.969 bits per heavy atom. The molecule has 4 aromatic rings. The van der Waals surface area contributed by atoms with Gasteiger partial charge in [-0.15, -0.1) is 0 Å². The summed E-state index contributed by atoms with van der Waals surface area (Å²) in [7, 11) is 0. The molecule has 0 amide bonds. The minimum atomic E-state index is -0.0950. The Kier molecular flexibility index (Phi) is 5.68. The Morgan fingerprint density at radius 3 is 2.53 bits per heavy atom. The quantitative estimate of drug-likeness (QED) is 0.357. The van der Waals surface area contributed by atoms with Crippen molar-refractivity contribution < 1.29 is 0 Å². The third kappa shape index (κ3) is 3.78. The minimum Gasteiger partial charge on any atom is -0.351 e. The summed E-state index contributed by atoms with van der Waals surface area (Å²) in [5, 5.41) is 4.92. The lowest BCUT2D eigenvalue weighted by Crippen LogP contribution is -2.30. The fourth-order valence-corrected chi connectivity index (χ4v) is 4.85. The van der Waals surface area contributed by atoms with E-state index in [0.717, 1.165) is 29.2 Å². The van der Waals surface area contributed by atoms with Crippen LogP contribution < -0.4 is 10.2 Å². The number of halogens is 1. The lowest BCUT2D eigenvalue weighted by molar-refractivity contribution is 0.549. The molecule has 2 aromatic heterocycles. The number of hydrogen-bond acceptors (Lipinski definition) is 2. The Morgan fingerprint density at radius 2 is 1.81 bits per heavy atom. The summed E-state index contributed by atoms with van der Waals surface area (Å²) in [5.41, 5.74) is 5.42. The summed E-state index contributed by atoms with van der Waals surface area (Å²) in [5.74, 6) is 0. The third-order valence-corrected chi connectivity index (χ3v) is 6.44. The highest BCUT2D eigenvalue weighted by Gasteiger charge is 2.42. The van der Waals surface area contributed by atoms with E-state index in [1.165, 1.54) is 5.56 Å². The first-order valence-electron chi connectivity index (χ1n) is 10.7. The number of aryl methyl sites for hydroxylation is 1. The summed E-state index contributed by atoms with van der Waals surface area (Å²) in [4.78, 5) is 6.85. The van der Waals surface area contributed by atoms with E-state index >= 15 is 0 Å². The molecule has 160 valence electrons. The fourth-order valence-electron chi connectivity index (χ4n) is 4.32. The van der Waals surface area contributed by atoms with Gasteiger partial charge in [-0.1, -0.05) is 42.8 Å². The molecule has 1 N–H and O–H groups in total. The molecular weight excluding hydrogens is 436 g/mol. The molecule has 4 nitrogen and oxygen atoms in total. The molecule has 6 heteroatoms. The summed E-state index contributed by atoms with van der Waals surface area (Å²) in [6.45, 7) is 2.16. The van der Waals surface area contributed by atoms with E-state index < -0.39 is 0 Å². The number of nitrogens with zero attached hydrogens (tertiary/aromatic N) is 3. The van der Waals surface area contributed by atoms with Crippen LogP contribution in [0.3, 0.4) is 0 Å². The van der Waals surface area contributed by atoms with Gasteiger partial charge >= 0.3 is 0 Å². The molecule has 32 heavy (non-hydrogen) atoms. The Hall–Kier alpha value is -3.15. The van der Waals surface area contributed by atoms with Crippen LogP contribution in [0.1, 0.15) is 36.0 Å². The van der Waals surface area contributed by atoms with Gasteiger partial charge in [0, 0.05) is 34.5 Å². The standard InChI is InChI=1S/C26H23ClN4S/c1-2-18-11-13-20(14-12-18)31-25(24(29-26(31)32)22-9-3-4-15-28-22)23-10-6-16-30(23)21-8-5-7-19(27)17-21/h3-17,24-25H,2H2,1H3,(H,29,32)/t24-,25+/m1/s1. The molecule has 0 bridgehead atoms. The van der Waals surface area contributed by atoms with Crippen LogP contribution in [-0.4, -0.2) is 14.7 Å². The van der Waals surface area contributed by atoms with E-state index in [1.807, 2.05) is 42.6 Å². The largest absolute Gasteiger partial charge is 0.351 e. The number of aromatic nitrogens is 2. The number of anilines is 1. The van der Waals surface area contributed by atoms with Crippen molar-refractivity contribution in [3.8, 4) is 5.69 Å². The van der Waals surface area contributed by atoms with Crippen LogP contribution in [0.4, 0.5) is 5.69 Å². The van der Waals surface area contributed by atoms with Crippen molar-refractivity contribution >= 4 is 34.6 Å². The lowest BCUT2D eigenvalue weighted by atomic mass is 10.0. The Labute approximate surface area is 198 Å². The number of rotatable bonds is 5. The van der Waals surface area contributed by atoms with Gasteiger partial charge in [-0.05, 0) is 78.8 Å². The van der Waals surface area contributed by atoms with Gasteiger partial charge in [-0.2, -0.15) is 0 Å². The van der Waals surface area contributed by atoms with Crippen LogP contribution >= 0.6 is 23.8 Å². The molecule has 1 aliphatic rings. The molecule has 1 aliphatic heterocycles. The van der Waals surface area contributed by atoms with Crippen molar-refractivity contribution in [2.75, 3.05) is 4.90 Å². The molecule has 0 spiro atoms. The van der Waals surface area contributed by atoms with Crippen LogP contribution in [-0.2, 0) is 6.42 Å². The first-order valence-corrected chi connectivity index (χ1v) is 11.5. The van der Waals surface area contributed by atoms with Crippen molar-refractivity contribution in [3.05, 3.63) is 113 Å². The van der Waals surface area contributed by atoms with Gasteiger partial charge in [0.2, 0.25) is 0 Å². The van der Waals surface area contributed by atoms with Crippen LogP contribution in [0.5, 0.6) is 0 Å². The first kappa shape index (κ1) is 20.7. The van der Waals surface area contributed by atoms with Crippen molar-refractivity contribution in [2.24, 2.45) is 0 Å². The maximum Gasteiger partial charge on any atom is 0.174 e. The molecule has 1 saturated heterocycles. The maximum absolute atomic E-state index is 6.31. The number of hydrogen-bond donors (Lipinski definition) is 1.